The molecule has 39 heavy (non-hydrogen) atoms. The summed E-state index contributed by atoms with van der Waals surface area (Å²) in [5.74, 6) is -0.0747. The lowest BCUT2D eigenvalue weighted by Crippen LogP contribution is -2.47. The fourth-order valence-corrected chi connectivity index (χ4v) is 6.45. The highest BCUT2D eigenvalue weighted by Gasteiger charge is 2.34. The molecule has 2 amide bonds. The van der Waals surface area contributed by atoms with Gasteiger partial charge in [0.1, 0.15) is 6.54 Å². The van der Waals surface area contributed by atoms with Gasteiger partial charge in [0.15, 0.2) is 0 Å². The molecular weight excluding hydrogens is 500 g/mol. The van der Waals surface area contributed by atoms with E-state index in [-0.39, 0.29) is 29.8 Å². The number of rotatable bonds is 7. The van der Waals surface area contributed by atoms with Crippen LogP contribution in [0.4, 0.5) is 0 Å². The van der Waals surface area contributed by atoms with E-state index in [1.807, 2.05) is 47.4 Å². The second kappa shape index (κ2) is 11.4. The van der Waals surface area contributed by atoms with Crippen LogP contribution in [0.5, 0.6) is 0 Å². The van der Waals surface area contributed by atoms with Gasteiger partial charge in [-0.25, -0.2) is 0 Å². The number of hydrogen-bond acceptors (Lipinski definition) is 3. The molecule has 4 nitrogen and oxygen atoms in total. The summed E-state index contributed by atoms with van der Waals surface area (Å²) in [6.45, 7) is 10.1. The Balaban J connectivity index is 1.45. The van der Waals surface area contributed by atoms with Crippen molar-refractivity contribution in [1.82, 2.24) is 9.80 Å². The summed E-state index contributed by atoms with van der Waals surface area (Å²) in [7, 11) is 0. The van der Waals surface area contributed by atoms with Gasteiger partial charge in [0.2, 0.25) is 5.91 Å². The van der Waals surface area contributed by atoms with E-state index in [4.69, 9.17) is 0 Å². The van der Waals surface area contributed by atoms with Crippen LogP contribution in [0.3, 0.4) is 0 Å². The van der Waals surface area contributed by atoms with Crippen LogP contribution in [0.1, 0.15) is 78.5 Å². The van der Waals surface area contributed by atoms with Crippen molar-refractivity contribution in [1.29, 1.82) is 0 Å². The van der Waals surface area contributed by atoms with Gasteiger partial charge in [0.05, 0.1) is 6.04 Å². The Morgan fingerprint density at radius 1 is 0.974 bits per heavy atom. The van der Waals surface area contributed by atoms with Gasteiger partial charge in [-0.15, -0.1) is 11.3 Å². The van der Waals surface area contributed by atoms with E-state index in [1.165, 1.54) is 16.0 Å². The summed E-state index contributed by atoms with van der Waals surface area (Å²) >= 11 is 1.77. The Hall–Kier alpha value is -3.44. The molecule has 1 aliphatic rings. The SMILES string of the molecule is CCCCN(CC(=O)N1CCc2sccc2[C@H]1c1ccc(C(C)(C)C)cc1)C(=O)c1cccc2ccccc12. The van der Waals surface area contributed by atoms with Crippen LogP contribution in [0.15, 0.2) is 78.2 Å². The minimum atomic E-state index is -0.137. The number of hydrogen-bond donors (Lipinski definition) is 0. The number of amides is 2. The van der Waals surface area contributed by atoms with Crippen molar-refractivity contribution < 1.29 is 9.59 Å². The predicted octanol–water partition coefficient (Wildman–Crippen LogP) is 7.62. The lowest BCUT2D eigenvalue weighted by atomic mass is 9.85. The molecule has 0 saturated heterocycles. The third-order valence-electron chi connectivity index (χ3n) is 7.79. The van der Waals surface area contributed by atoms with Crippen LogP contribution in [0.25, 0.3) is 10.8 Å². The first-order valence-corrected chi connectivity index (χ1v) is 14.9. The third kappa shape index (κ3) is 5.65. The Morgan fingerprint density at radius 3 is 2.46 bits per heavy atom. The molecule has 5 heteroatoms. The molecule has 0 fully saturated rings. The van der Waals surface area contributed by atoms with E-state index in [2.05, 4.69) is 63.4 Å². The highest BCUT2D eigenvalue weighted by molar-refractivity contribution is 7.10. The van der Waals surface area contributed by atoms with Gasteiger partial charge >= 0.3 is 0 Å². The molecule has 3 aromatic carbocycles. The van der Waals surface area contributed by atoms with Gasteiger partial charge in [-0.1, -0.05) is 94.8 Å². The Bertz CT molecular complexity index is 1460. The van der Waals surface area contributed by atoms with Crippen molar-refractivity contribution in [3.8, 4) is 0 Å². The number of fused-ring (bicyclic) bond motifs is 2. The van der Waals surface area contributed by atoms with E-state index in [9.17, 15) is 9.59 Å². The molecular formula is C34H38N2O2S. The Morgan fingerprint density at radius 2 is 1.72 bits per heavy atom. The van der Waals surface area contributed by atoms with Crippen molar-refractivity contribution in [3.63, 3.8) is 0 Å². The van der Waals surface area contributed by atoms with E-state index in [0.717, 1.165) is 35.6 Å². The quantitative estimate of drug-likeness (QED) is 0.243. The first-order valence-electron chi connectivity index (χ1n) is 14.0. The molecule has 1 aliphatic heterocycles. The fraction of sp³-hybridized carbons (Fsp3) is 0.353. The maximum atomic E-state index is 14.0. The first kappa shape index (κ1) is 27.1. The zero-order chi connectivity index (χ0) is 27.6. The van der Waals surface area contributed by atoms with Crippen molar-refractivity contribution >= 4 is 33.9 Å². The second-order valence-electron chi connectivity index (χ2n) is 11.5. The van der Waals surface area contributed by atoms with Gasteiger partial charge in [-0.2, -0.15) is 0 Å². The molecule has 0 bridgehead atoms. The number of thiophene rings is 1. The number of unbranched alkanes of at least 4 members (excludes halogenated alkanes) is 1. The van der Waals surface area contributed by atoms with Gasteiger partial charge in [-0.05, 0) is 63.2 Å². The van der Waals surface area contributed by atoms with Crippen molar-refractivity contribution in [3.05, 3.63) is 105 Å². The van der Waals surface area contributed by atoms with Crippen LogP contribution in [0, 0.1) is 0 Å². The van der Waals surface area contributed by atoms with Gasteiger partial charge in [-0.3, -0.25) is 9.59 Å². The maximum absolute atomic E-state index is 14.0. The Kier molecular flexibility index (Phi) is 7.90. The van der Waals surface area contributed by atoms with Crippen molar-refractivity contribution in [2.24, 2.45) is 0 Å². The molecule has 0 saturated carbocycles. The standard InChI is InChI=1S/C34H38N2O2S/c1-5-6-20-35(33(38)28-13-9-11-24-10-7-8-12-27(24)28)23-31(37)36-21-18-30-29(19-22-39-30)32(36)25-14-16-26(17-15-25)34(2,3)4/h7-17,19,22,32H,5-6,18,20-21,23H2,1-4H3/t32-/m1/s1. The fourth-order valence-electron chi connectivity index (χ4n) is 5.55. The molecule has 0 spiro atoms. The summed E-state index contributed by atoms with van der Waals surface area (Å²) in [6.07, 6.45) is 2.66. The smallest absolute Gasteiger partial charge is 0.254 e. The van der Waals surface area contributed by atoms with Gasteiger partial charge in [0, 0.05) is 23.5 Å². The Labute approximate surface area is 236 Å². The molecule has 5 rings (SSSR count). The summed E-state index contributed by atoms with van der Waals surface area (Å²) in [4.78, 5) is 33.0. The lowest BCUT2D eigenvalue weighted by Gasteiger charge is -2.38. The molecule has 202 valence electrons. The largest absolute Gasteiger partial charge is 0.330 e. The van der Waals surface area contributed by atoms with Crippen LogP contribution in [-0.2, 0) is 16.6 Å². The van der Waals surface area contributed by atoms with Crippen LogP contribution < -0.4 is 0 Å². The molecule has 2 heterocycles. The van der Waals surface area contributed by atoms with E-state index < -0.39 is 0 Å². The highest BCUT2D eigenvalue weighted by Crippen LogP contribution is 2.38. The molecule has 0 radical (unpaired) electrons. The zero-order valence-corrected chi connectivity index (χ0v) is 24.3. The predicted molar refractivity (Wildman–Crippen MR) is 161 cm³/mol. The zero-order valence-electron chi connectivity index (χ0n) is 23.4. The van der Waals surface area contributed by atoms with Crippen LogP contribution in [0.2, 0.25) is 0 Å². The number of nitrogens with zero attached hydrogens (tertiary/aromatic N) is 2. The number of carbonyl (C=O) groups is 2. The highest BCUT2D eigenvalue weighted by atomic mass is 32.1. The summed E-state index contributed by atoms with van der Waals surface area (Å²) in [5.41, 5.74) is 4.33. The number of benzene rings is 3. The second-order valence-corrected chi connectivity index (χ2v) is 12.5. The minimum Gasteiger partial charge on any atom is -0.330 e. The minimum absolute atomic E-state index is 0.00133. The first-order chi connectivity index (χ1) is 18.8. The topological polar surface area (TPSA) is 40.6 Å². The van der Waals surface area contributed by atoms with Crippen LogP contribution >= 0.6 is 11.3 Å². The normalized spacial score (nSPS) is 15.3. The molecule has 0 N–H and O–H groups in total. The van der Waals surface area contributed by atoms with E-state index in [1.54, 1.807) is 16.2 Å². The molecule has 0 aliphatic carbocycles. The summed E-state index contributed by atoms with van der Waals surface area (Å²) < 4.78 is 0. The third-order valence-corrected chi connectivity index (χ3v) is 8.79. The number of carbonyl (C=O) groups excluding carboxylic acids is 2. The van der Waals surface area contributed by atoms with Crippen LogP contribution in [-0.4, -0.2) is 41.2 Å². The van der Waals surface area contributed by atoms with E-state index >= 15 is 0 Å². The molecule has 4 aromatic rings. The summed E-state index contributed by atoms with van der Waals surface area (Å²) in [5, 5.41) is 4.09. The van der Waals surface area contributed by atoms with E-state index in [0.29, 0.717) is 18.7 Å². The van der Waals surface area contributed by atoms with Gasteiger partial charge < -0.3 is 9.80 Å². The summed E-state index contributed by atoms with van der Waals surface area (Å²) in [6, 6.07) is 24.5. The molecule has 1 aromatic heterocycles. The average Bonchev–Trinajstić information content (AvgIpc) is 3.42. The van der Waals surface area contributed by atoms with Crippen molar-refractivity contribution in [2.75, 3.05) is 19.6 Å². The maximum Gasteiger partial charge on any atom is 0.254 e. The molecule has 1 atom stereocenters. The average molecular weight is 539 g/mol. The monoisotopic (exact) mass is 538 g/mol. The van der Waals surface area contributed by atoms with Crippen molar-refractivity contribution in [2.45, 2.75) is 58.4 Å². The molecule has 0 unspecified atom stereocenters. The lowest BCUT2D eigenvalue weighted by molar-refractivity contribution is -0.134. The van der Waals surface area contributed by atoms with Gasteiger partial charge in [0.25, 0.3) is 5.91 Å².